The highest BCUT2D eigenvalue weighted by molar-refractivity contribution is 5.30. The van der Waals surface area contributed by atoms with Crippen LogP contribution in [0, 0.1) is 0 Å². The van der Waals surface area contributed by atoms with Crippen molar-refractivity contribution in [1.82, 2.24) is 9.97 Å². The van der Waals surface area contributed by atoms with E-state index in [1.54, 1.807) is 16.0 Å². The molecule has 0 unspecified atom stereocenters. The van der Waals surface area contributed by atoms with E-state index in [0.717, 1.165) is 25.1 Å². The zero-order chi connectivity index (χ0) is 14.8. The Morgan fingerprint density at radius 3 is 2.45 bits per heavy atom. The van der Waals surface area contributed by atoms with Crippen LogP contribution in [0.15, 0.2) is 42.7 Å². The highest BCUT2D eigenvalue weighted by Crippen LogP contribution is 2.20. The molecule has 0 saturated carbocycles. The van der Waals surface area contributed by atoms with Crippen LogP contribution in [0.2, 0.25) is 0 Å². The van der Waals surface area contributed by atoms with Gasteiger partial charge in [-0.2, -0.15) is 0 Å². The van der Waals surface area contributed by atoms with Crippen LogP contribution in [0.25, 0.3) is 0 Å². The molecule has 4 nitrogen and oxygen atoms in total. The smallest absolute Gasteiger partial charge is 0.225 e. The topological polar surface area (TPSA) is 33.5 Å². The number of aromatic nitrogens is 2. The summed E-state index contributed by atoms with van der Waals surface area (Å²) in [7, 11) is 0. The number of rotatable bonds is 2. The Kier molecular flexibility index (Phi) is 3.77. The lowest BCUT2D eigenvalue weighted by Gasteiger charge is -2.38. The van der Waals surface area contributed by atoms with Crippen molar-refractivity contribution in [2.45, 2.75) is 25.3 Å². The molecule has 1 aliphatic carbocycles. The molecule has 2 heterocycles. The van der Waals surface area contributed by atoms with Crippen LogP contribution in [0.1, 0.15) is 17.5 Å². The van der Waals surface area contributed by atoms with Crippen molar-refractivity contribution >= 4 is 5.95 Å². The van der Waals surface area contributed by atoms with E-state index in [-0.39, 0.29) is 0 Å². The Labute approximate surface area is 131 Å². The summed E-state index contributed by atoms with van der Waals surface area (Å²) in [6, 6.07) is 11.6. The third kappa shape index (κ3) is 2.71. The normalized spacial score (nSPS) is 22.4. The van der Waals surface area contributed by atoms with E-state index in [0.29, 0.717) is 0 Å². The van der Waals surface area contributed by atoms with Gasteiger partial charge in [-0.25, -0.2) is 9.97 Å². The number of aryl methyl sites for hydroxylation is 1. The van der Waals surface area contributed by atoms with Crippen LogP contribution in [-0.4, -0.2) is 42.2 Å². The number of nitrogens with one attached hydrogen (secondary N) is 1. The molecular weight excluding hydrogens is 272 g/mol. The molecule has 1 aliphatic heterocycles. The third-order valence-electron chi connectivity index (χ3n) is 5.16. The Bertz CT molecular complexity index is 620. The van der Waals surface area contributed by atoms with Crippen molar-refractivity contribution in [3.05, 3.63) is 53.9 Å². The van der Waals surface area contributed by atoms with E-state index >= 15 is 0 Å². The summed E-state index contributed by atoms with van der Waals surface area (Å²) < 4.78 is 0. The molecule has 22 heavy (non-hydrogen) atoms. The maximum atomic E-state index is 4.38. The predicted molar refractivity (Wildman–Crippen MR) is 87.2 cm³/mol. The fourth-order valence-corrected chi connectivity index (χ4v) is 3.90. The molecule has 2 aromatic rings. The lowest BCUT2D eigenvalue weighted by molar-refractivity contribution is -0.926. The second kappa shape index (κ2) is 6.05. The van der Waals surface area contributed by atoms with Crippen LogP contribution >= 0.6 is 0 Å². The second-order valence-corrected chi connectivity index (χ2v) is 6.40. The number of nitrogens with zero attached hydrogens (tertiary/aromatic N) is 3. The molecule has 0 bridgehead atoms. The molecule has 4 rings (SSSR count). The van der Waals surface area contributed by atoms with Crippen molar-refractivity contribution in [3.63, 3.8) is 0 Å². The van der Waals surface area contributed by atoms with Gasteiger partial charge in [-0.1, -0.05) is 24.3 Å². The maximum Gasteiger partial charge on any atom is 0.225 e. The van der Waals surface area contributed by atoms with Gasteiger partial charge in [0.15, 0.2) is 0 Å². The first-order valence-corrected chi connectivity index (χ1v) is 8.33. The second-order valence-electron chi connectivity index (χ2n) is 6.40. The number of piperazine rings is 1. The largest absolute Gasteiger partial charge is 0.330 e. The van der Waals surface area contributed by atoms with Gasteiger partial charge in [0.05, 0.1) is 32.2 Å². The highest BCUT2D eigenvalue weighted by Gasteiger charge is 2.30. The minimum absolute atomic E-state index is 0.786. The molecule has 0 radical (unpaired) electrons. The van der Waals surface area contributed by atoms with Gasteiger partial charge in [-0.15, -0.1) is 0 Å². The standard InChI is InChI=1S/C18H22N4/c1-2-5-16-14-17(7-6-15(16)4-1)21-10-12-22(13-11-21)18-19-8-3-9-20-18/h1-5,8-9,17H,6-7,10-14H2/p+1/t17-/m0/s1. The van der Waals surface area contributed by atoms with Gasteiger partial charge >= 0.3 is 0 Å². The average Bonchev–Trinajstić information content (AvgIpc) is 2.62. The van der Waals surface area contributed by atoms with E-state index in [9.17, 15) is 0 Å². The van der Waals surface area contributed by atoms with Crippen molar-refractivity contribution in [2.24, 2.45) is 0 Å². The summed E-state index contributed by atoms with van der Waals surface area (Å²) in [4.78, 5) is 12.8. The lowest BCUT2D eigenvalue weighted by Crippen LogP contribution is -3.18. The van der Waals surface area contributed by atoms with E-state index in [4.69, 9.17) is 0 Å². The zero-order valence-corrected chi connectivity index (χ0v) is 12.9. The number of hydrogen-bond acceptors (Lipinski definition) is 3. The van der Waals surface area contributed by atoms with Gasteiger partial charge in [-0.3, -0.25) is 0 Å². The van der Waals surface area contributed by atoms with Crippen LogP contribution in [0.5, 0.6) is 0 Å². The minimum atomic E-state index is 0.786. The SMILES string of the molecule is c1cnc(N2CC[NH+]([C@H]3CCc4ccccc4C3)CC2)nc1. The molecule has 1 N–H and O–H groups in total. The van der Waals surface area contributed by atoms with Gasteiger partial charge in [0.2, 0.25) is 5.95 Å². The molecule has 1 fully saturated rings. The van der Waals surface area contributed by atoms with Crippen LogP contribution in [0.4, 0.5) is 5.95 Å². The van der Waals surface area contributed by atoms with Crippen LogP contribution in [0.3, 0.4) is 0 Å². The van der Waals surface area contributed by atoms with Gasteiger partial charge in [0.1, 0.15) is 0 Å². The first-order chi connectivity index (χ1) is 10.9. The van der Waals surface area contributed by atoms with E-state index < -0.39 is 0 Å². The molecule has 1 aromatic heterocycles. The Morgan fingerprint density at radius 1 is 0.955 bits per heavy atom. The maximum absolute atomic E-state index is 4.38. The lowest BCUT2D eigenvalue weighted by atomic mass is 9.87. The minimum Gasteiger partial charge on any atom is -0.330 e. The molecule has 1 aromatic carbocycles. The van der Waals surface area contributed by atoms with Crippen molar-refractivity contribution in [1.29, 1.82) is 0 Å². The van der Waals surface area contributed by atoms with E-state index in [1.807, 2.05) is 18.5 Å². The summed E-state index contributed by atoms with van der Waals surface area (Å²) in [5.41, 5.74) is 3.13. The van der Waals surface area contributed by atoms with Gasteiger partial charge in [-0.05, 0) is 23.6 Å². The van der Waals surface area contributed by atoms with Crippen LogP contribution < -0.4 is 9.80 Å². The summed E-state index contributed by atoms with van der Waals surface area (Å²) in [6.45, 7) is 4.53. The summed E-state index contributed by atoms with van der Waals surface area (Å²) in [5.74, 6) is 0.885. The van der Waals surface area contributed by atoms with Crippen molar-refractivity contribution in [2.75, 3.05) is 31.1 Å². The van der Waals surface area contributed by atoms with E-state index in [2.05, 4.69) is 39.1 Å². The van der Waals surface area contributed by atoms with Gasteiger partial charge in [0, 0.05) is 25.2 Å². The summed E-state index contributed by atoms with van der Waals surface area (Å²) in [5, 5.41) is 0. The molecule has 4 heteroatoms. The van der Waals surface area contributed by atoms with Crippen molar-refractivity contribution < 1.29 is 4.90 Å². The molecule has 1 atom stereocenters. The molecule has 114 valence electrons. The third-order valence-corrected chi connectivity index (χ3v) is 5.16. The molecule has 1 saturated heterocycles. The monoisotopic (exact) mass is 295 g/mol. The first-order valence-electron chi connectivity index (χ1n) is 8.33. The Hall–Kier alpha value is -1.94. The average molecular weight is 295 g/mol. The Morgan fingerprint density at radius 2 is 1.68 bits per heavy atom. The number of fused-ring (bicyclic) bond motifs is 1. The van der Waals surface area contributed by atoms with Crippen molar-refractivity contribution in [3.8, 4) is 0 Å². The first kappa shape index (κ1) is 13.7. The molecule has 0 spiro atoms. The Balaban J connectivity index is 1.38. The highest BCUT2D eigenvalue weighted by atomic mass is 15.3. The predicted octanol–water partition coefficient (Wildman–Crippen LogP) is 0.739. The molecule has 2 aliphatic rings. The number of anilines is 1. The molecular formula is C18H23N4+. The number of quaternary nitrogens is 1. The fraction of sp³-hybridized carbons (Fsp3) is 0.444. The van der Waals surface area contributed by atoms with Crippen LogP contribution in [-0.2, 0) is 12.8 Å². The zero-order valence-electron chi connectivity index (χ0n) is 12.9. The fourth-order valence-electron chi connectivity index (χ4n) is 3.90. The van der Waals surface area contributed by atoms with Gasteiger partial charge in [0.25, 0.3) is 0 Å². The quantitative estimate of drug-likeness (QED) is 0.887. The number of benzene rings is 1. The van der Waals surface area contributed by atoms with Gasteiger partial charge < -0.3 is 9.80 Å². The summed E-state index contributed by atoms with van der Waals surface area (Å²) in [6.07, 6.45) is 7.48. The van der Waals surface area contributed by atoms with E-state index in [1.165, 1.54) is 32.4 Å². The summed E-state index contributed by atoms with van der Waals surface area (Å²) >= 11 is 0. The number of hydrogen-bond donors (Lipinski definition) is 1. The molecule has 0 amide bonds.